The number of aromatic nitrogens is 2. The van der Waals surface area contributed by atoms with Crippen LogP contribution in [-0.2, 0) is 11.3 Å². The summed E-state index contributed by atoms with van der Waals surface area (Å²) in [6.07, 6.45) is 0. The third kappa shape index (κ3) is 3.23. The van der Waals surface area contributed by atoms with E-state index in [0.29, 0.717) is 12.5 Å². The number of hydrogen-bond acceptors (Lipinski definition) is 4. The minimum atomic E-state index is -0.187. The number of halogens is 1. The topological polar surface area (TPSA) is 54.9 Å². The van der Waals surface area contributed by atoms with Gasteiger partial charge in [-0.25, -0.2) is 0 Å². The SMILES string of the molecule is CC(C)c1nnc(CNC(=O)CCl)s1. The van der Waals surface area contributed by atoms with Gasteiger partial charge in [0.05, 0.1) is 6.54 Å². The molecular weight excluding hydrogens is 222 g/mol. The third-order valence-corrected chi connectivity index (χ3v) is 3.00. The van der Waals surface area contributed by atoms with Crippen LogP contribution in [0.15, 0.2) is 0 Å². The molecule has 4 nitrogen and oxygen atoms in total. The summed E-state index contributed by atoms with van der Waals surface area (Å²) in [7, 11) is 0. The van der Waals surface area contributed by atoms with Crippen molar-refractivity contribution in [3.8, 4) is 0 Å². The van der Waals surface area contributed by atoms with Crippen molar-refractivity contribution in [3.05, 3.63) is 10.0 Å². The van der Waals surface area contributed by atoms with Gasteiger partial charge in [-0.05, 0) is 0 Å². The van der Waals surface area contributed by atoms with E-state index in [0.717, 1.165) is 10.0 Å². The van der Waals surface area contributed by atoms with Gasteiger partial charge in [0.1, 0.15) is 15.9 Å². The van der Waals surface area contributed by atoms with Gasteiger partial charge in [0.2, 0.25) is 5.91 Å². The van der Waals surface area contributed by atoms with Crippen molar-refractivity contribution < 1.29 is 4.79 Å². The molecule has 0 aliphatic carbocycles. The highest BCUT2D eigenvalue weighted by atomic mass is 35.5. The van der Waals surface area contributed by atoms with Crippen molar-refractivity contribution in [2.45, 2.75) is 26.3 Å². The van der Waals surface area contributed by atoms with E-state index < -0.39 is 0 Å². The Hall–Kier alpha value is -0.680. The Bertz CT molecular complexity index is 313. The standard InChI is InChI=1S/C8H12ClN3OS/c1-5(2)8-12-11-7(14-8)4-10-6(13)3-9/h5H,3-4H2,1-2H3,(H,10,13). The molecule has 0 aromatic carbocycles. The van der Waals surface area contributed by atoms with Crippen LogP contribution < -0.4 is 5.32 Å². The molecule has 0 aliphatic heterocycles. The second-order valence-electron chi connectivity index (χ2n) is 3.10. The van der Waals surface area contributed by atoms with Crippen LogP contribution in [0.3, 0.4) is 0 Å². The van der Waals surface area contributed by atoms with Crippen LogP contribution in [0.25, 0.3) is 0 Å². The molecule has 1 aromatic rings. The second kappa shape index (κ2) is 5.26. The summed E-state index contributed by atoms with van der Waals surface area (Å²) in [6.45, 7) is 4.53. The molecule has 0 fully saturated rings. The van der Waals surface area contributed by atoms with Crippen molar-refractivity contribution in [1.82, 2.24) is 15.5 Å². The third-order valence-electron chi connectivity index (χ3n) is 1.53. The first kappa shape index (κ1) is 11.4. The van der Waals surface area contributed by atoms with Crippen LogP contribution in [-0.4, -0.2) is 22.0 Å². The highest BCUT2D eigenvalue weighted by Gasteiger charge is 2.08. The molecular formula is C8H12ClN3OS. The molecule has 1 aromatic heterocycles. The maximum absolute atomic E-state index is 10.8. The van der Waals surface area contributed by atoms with Crippen LogP contribution in [0, 0.1) is 0 Å². The Morgan fingerprint density at radius 3 is 2.79 bits per heavy atom. The zero-order valence-corrected chi connectivity index (χ0v) is 9.65. The van der Waals surface area contributed by atoms with E-state index >= 15 is 0 Å². The van der Waals surface area contributed by atoms with Gasteiger partial charge in [0.25, 0.3) is 0 Å². The molecule has 6 heteroatoms. The van der Waals surface area contributed by atoms with Crippen LogP contribution in [0.4, 0.5) is 0 Å². The second-order valence-corrected chi connectivity index (χ2v) is 4.46. The first-order chi connectivity index (χ1) is 6.63. The molecule has 0 atom stereocenters. The van der Waals surface area contributed by atoms with Gasteiger partial charge >= 0.3 is 0 Å². The normalized spacial score (nSPS) is 10.6. The number of nitrogens with one attached hydrogen (secondary N) is 1. The van der Waals surface area contributed by atoms with Gasteiger partial charge in [-0.3, -0.25) is 4.79 Å². The van der Waals surface area contributed by atoms with Gasteiger partial charge < -0.3 is 5.32 Å². The summed E-state index contributed by atoms with van der Waals surface area (Å²) < 4.78 is 0. The number of alkyl halides is 1. The van der Waals surface area contributed by atoms with Gasteiger partial charge in [-0.1, -0.05) is 25.2 Å². The average molecular weight is 234 g/mol. The number of nitrogens with zero attached hydrogens (tertiary/aromatic N) is 2. The van der Waals surface area contributed by atoms with Crippen LogP contribution in [0.1, 0.15) is 29.8 Å². The van der Waals surface area contributed by atoms with Crippen molar-refractivity contribution in [2.75, 3.05) is 5.88 Å². The summed E-state index contributed by atoms with van der Waals surface area (Å²) in [6, 6.07) is 0. The van der Waals surface area contributed by atoms with E-state index in [-0.39, 0.29) is 11.8 Å². The molecule has 78 valence electrons. The summed E-state index contributed by atoms with van der Waals surface area (Å²) >= 11 is 6.84. The van der Waals surface area contributed by atoms with Crippen molar-refractivity contribution in [1.29, 1.82) is 0 Å². The van der Waals surface area contributed by atoms with Gasteiger partial charge in [-0.2, -0.15) is 0 Å². The number of carbonyl (C=O) groups excluding carboxylic acids is 1. The molecule has 0 unspecified atom stereocenters. The highest BCUT2D eigenvalue weighted by Crippen LogP contribution is 2.18. The monoisotopic (exact) mass is 233 g/mol. The molecule has 0 bridgehead atoms. The minimum Gasteiger partial charge on any atom is -0.348 e. The zero-order chi connectivity index (χ0) is 10.6. The molecule has 0 spiro atoms. The smallest absolute Gasteiger partial charge is 0.235 e. The molecule has 0 saturated heterocycles. The molecule has 1 rings (SSSR count). The number of amides is 1. The predicted molar refractivity (Wildman–Crippen MR) is 56.6 cm³/mol. The van der Waals surface area contributed by atoms with Crippen LogP contribution in [0.2, 0.25) is 0 Å². The Labute approximate surface area is 91.7 Å². The Kier molecular flexibility index (Phi) is 4.28. The van der Waals surface area contributed by atoms with Gasteiger partial charge in [0, 0.05) is 5.92 Å². The highest BCUT2D eigenvalue weighted by molar-refractivity contribution is 7.11. The number of rotatable bonds is 4. The fraction of sp³-hybridized carbons (Fsp3) is 0.625. The van der Waals surface area contributed by atoms with E-state index in [9.17, 15) is 4.79 Å². The van der Waals surface area contributed by atoms with Crippen molar-refractivity contribution >= 4 is 28.8 Å². The van der Waals surface area contributed by atoms with Crippen molar-refractivity contribution in [3.63, 3.8) is 0 Å². The summed E-state index contributed by atoms with van der Waals surface area (Å²) in [5.41, 5.74) is 0. The molecule has 0 radical (unpaired) electrons. The average Bonchev–Trinajstić information content (AvgIpc) is 2.62. The van der Waals surface area contributed by atoms with E-state index in [2.05, 4.69) is 29.4 Å². The quantitative estimate of drug-likeness (QED) is 0.803. The largest absolute Gasteiger partial charge is 0.348 e. The van der Waals surface area contributed by atoms with E-state index in [4.69, 9.17) is 11.6 Å². The maximum Gasteiger partial charge on any atom is 0.235 e. The van der Waals surface area contributed by atoms with Crippen LogP contribution in [0.5, 0.6) is 0 Å². The summed E-state index contributed by atoms with van der Waals surface area (Å²) in [4.78, 5) is 10.8. The van der Waals surface area contributed by atoms with Crippen LogP contribution >= 0.6 is 22.9 Å². The predicted octanol–water partition coefficient (Wildman–Crippen LogP) is 1.52. The Morgan fingerprint density at radius 1 is 1.57 bits per heavy atom. The molecule has 14 heavy (non-hydrogen) atoms. The molecule has 0 saturated carbocycles. The summed E-state index contributed by atoms with van der Waals surface area (Å²) in [5.74, 6) is 0.175. The summed E-state index contributed by atoms with van der Waals surface area (Å²) in [5, 5.41) is 12.4. The lowest BCUT2D eigenvalue weighted by atomic mass is 10.2. The van der Waals surface area contributed by atoms with E-state index in [1.807, 2.05) is 0 Å². The lowest BCUT2D eigenvalue weighted by molar-refractivity contribution is -0.118. The van der Waals surface area contributed by atoms with Gasteiger partial charge in [-0.15, -0.1) is 21.8 Å². The van der Waals surface area contributed by atoms with Crippen molar-refractivity contribution in [2.24, 2.45) is 0 Å². The first-order valence-corrected chi connectivity index (χ1v) is 5.63. The first-order valence-electron chi connectivity index (χ1n) is 4.28. The fourth-order valence-corrected chi connectivity index (χ4v) is 1.67. The minimum absolute atomic E-state index is 0.0180. The lowest BCUT2D eigenvalue weighted by Gasteiger charge is -1.97. The molecule has 1 amide bonds. The zero-order valence-electron chi connectivity index (χ0n) is 8.08. The Balaban J connectivity index is 2.48. The molecule has 1 N–H and O–H groups in total. The maximum atomic E-state index is 10.8. The van der Waals surface area contributed by atoms with E-state index in [1.54, 1.807) is 0 Å². The Morgan fingerprint density at radius 2 is 2.29 bits per heavy atom. The number of carbonyl (C=O) groups is 1. The number of hydrogen-bond donors (Lipinski definition) is 1. The van der Waals surface area contributed by atoms with E-state index in [1.165, 1.54) is 11.3 Å². The fourth-order valence-electron chi connectivity index (χ4n) is 0.793. The molecule has 1 heterocycles. The molecule has 0 aliphatic rings. The van der Waals surface area contributed by atoms with Gasteiger partial charge in [0.15, 0.2) is 0 Å². The lowest BCUT2D eigenvalue weighted by Crippen LogP contribution is -2.23.